The highest BCUT2D eigenvalue weighted by Gasteiger charge is 2.08. The Hall–Kier alpha value is -1.85. The minimum Gasteiger partial charge on any atom is -0.302 e. The van der Waals surface area contributed by atoms with E-state index >= 15 is 0 Å². The Balaban J connectivity index is 1.80. The number of rotatable bonds is 2. The SMILES string of the molecule is Brc1cn2ccnc2c(Sc2ccc3ccccc3c2)n1. The van der Waals surface area contributed by atoms with E-state index in [0.29, 0.717) is 0 Å². The highest BCUT2D eigenvalue weighted by atomic mass is 79.9. The van der Waals surface area contributed by atoms with Gasteiger partial charge in [0.25, 0.3) is 0 Å². The molecule has 5 heteroatoms. The van der Waals surface area contributed by atoms with E-state index in [9.17, 15) is 0 Å². The first-order valence-electron chi connectivity index (χ1n) is 6.45. The summed E-state index contributed by atoms with van der Waals surface area (Å²) in [5.74, 6) is 0. The maximum absolute atomic E-state index is 4.55. The summed E-state index contributed by atoms with van der Waals surface area (Å²) in [5, 5.41) is 3.37. The van der Waals surface area contributed by atoms with Crippen molar-refractivity contribution in [1.29, 1.82) is 0 Å². The lowest BCUT2D eigenvalue weighted by Crippen LogP contribution is -1.91. The second-order valence-corrected chi connectivity index (χ2v) is 6.51. The van der Waals surface area contributed by atoms with E-state index in [2.05, 4.69) is 68.4 Å². The summed E-state index contributed by atoms with van der Waals surface area (Å²) in [6.07, 6.45) is 5.62. The number of benzene rings is 2. The van der Waals surface area contributed by atoms with Crippen LogP contribution in [-0.2, 0) is 0 Å². The number of nitrogens with zero attached hydrogens (tertiary/aromatic N) is 3. The molecule has 0 aliphatic carbocycles. The Morgan fingerprint density at radius 3 is 2.81 bits per heavy atom. The van der Waals surface area contributed by atoms with Crippen LogP contribution in [0.5, 0.6) is 0 Å². The van der Waals surface area contributed by atoms with Crippen molar-refractivity contribution in [3.8, 4) is 0 Å². The Kier molecular flexibility index (Phi) is 3.16. The van der Waals surface area contributed by atoms with Crippen LogP contribution in [-0.4, -0.2) is 14.4 Å². The van der Waals surface area contributed by atoms with Crippen LogP contribution in [0.4, 0.5) is 0 Å². The molecular weight excluding hydrogens is 346 g/mol. The van der Waals surface area contributed by atoms with E-state index in [1.807, 2.05) is 16.8 Å². The topological polar surface area (TPSA) is 30.2 Å². The fourth-order valence-electron chi connectivity index (χ4n) is 2.28. The van der Waals surface area contributed by atoms with Crippen LogP contribution in [0.3, 0.4) is 0 Å². The van der Waals surface area contributed by atoms with Gasteiger partial charge in [0.1, 0.15) is 9.63 Å². The summed E-state index contributed by atoms with van der Waals surface area (Å²) in [5.41, 5.74) is 0.872. The van der Waals surface area contributed by atoms with E-state index in [1.165, 1.54) is 10.8 Å². The molecule has 0 N–H and O–H groups in total. The molecule has 2 aromatic carbocycles. The molecule has 21 heavy (non-hydrogen) atoms. The van der Waals surface area contributed by atoms with Crippen LogP contribution >= 0.6 is 27.7 Å². The van der Waals surface area contributed by atoms with Crippen LogP contribution in [0.15, 0.2) is 75.6 Å². The number of fused-ring (bicyclic) bond motifs is 2. The lowest BCUT2D eigenvalue weighted by atomic mass is 10.1. The van der Waals surface area contributed by atoms with E-state index in [4.69, 9.17) is 0 Å². The van der Waals surface area contributed by atoms with Gasteiger partial charge in [-0.2, -0.15) is 0 Å². The monoisotopic (exact) mass is 355 g/mol. The Labute approximate surface area is 134 Å². The lowest BCUT2D eigenvalue weighted by Gasteiger charge is -2.05. The van der Waals surface area contributed by atoms with Gasteiger partial charge >= 0.3 is 0 Å². The summed E-state index contributed by atoms with van der Waals surface area (Å²) >= 11 is 5.07. The van der Waals surface area contributed by atoms with Crippen LogP contribution < -0.4 is 0 Å². The van der Waals surface area contributed by atoms with E-state index in [-0.39, 0.29) is 0 Å². The third kappa shape index (κ3) is 2.43. The second-order valence-electron chi connectivity index (χ2n) is 4.64. The Morgan fingerprint density at radius 2 is 1.90 bits per heavy atom. The normalized spacial score (nSPS) is 11.3. The van der Waals surface area contributed by atoms with Gasteiger partial charge in [0, 0.05) is 23.5 Å². The van der Waals surface area contributed by atoms with Gasteiger partial charge in [-0.3, -0.25) is 0 Å². The highest BCUT2D eigenvalue weighted by molar-refractivity contribution is 9.10. The minimum atomic E-state index is 0.802. The molecule has 0 bridgehead atoms. The molecular formula is C16H10BrN3S. The Bertz CT molecular complexity index is 948. The largest absolute Gasteiger partial charge is 0.302 e. The van der Waals surface area contributed by atoms with Gasteiger partial charge in [0.15, 0.2) is 5.65 Å². The van der Waals surface area contributed by atoms with Gasteiger partial charge in [-0.15, -0.1) is 0 Å². The van der Waals surface area contributed by atoms with Gasteiger partial charge in [-0.05, 0) is 38.8 Å². The molecule has 0 aliphatic heterocycles. The molecule has 2 heterocycles. The number of halogens is 1. The summed E-state index contributed by atoms with van der Waals surface area (Å²) < 4.78 is 2.77. The summed E-state index contributed by atoms with van der Waals surface area (Å²) in [6.45, 7) is 0. The maximum Gasteiger partial charge on any atom is 0.170 e. The molecule has 0 amide bonds. The second kappa shape index (κ2) is 5.16. The predicted molar refractivity (Wildman–Crippen MR) is 88.8 cm³/mol. The fourth-order valence-corrected chi connectivity index (χ4v) is 3.74. The van der Waals surface area contributed by atoms with Crippen LogP contribution in [0.1, 0.15) is 0 Å². The molecule has 4 aromatic rings. The van der Waals surface area contributed by atoms with Crippen LogP contribution in [0.2, 0.25) is 0 Å². The Morgan fingerprint density at radius 1 is 1.05 bits per heavy atom. The molecule has 3 nitrogen and oxygen atoms in total. The zero-order valence-corrected chi connectivity index (χ0v) is 13.3. The summed E-state index contributed by atoms with van der Waals surface area (Å²) in [7, 11) is 0. The molecule has 0 saturated heterocycles. The van der Waals surface area contributed by atoms with Crippen molar-refractivity contribution in [1.82, 2.24) is 14.4 Å². The minimum absolute atomic E-state index is 0.802. The van der Waals surface area contributed by atoms with Gasteiger partial charge in [-0.25, -0.2) is 9.97 Å². The van der Waals surface area contributed by atoms with Crippen LogP contribution in [0, 0.1) is 0 Å². The zero-order chi connectivity index (χ0) is 14.2. The number of aromatic nitrogens is 3. The van der Waals surface area contributed by atoms with Crippen molar-refractivity contribution < 1.29 is 0 Å². The van der Waals surface area contributed by atoms with Crippen molar-refractivity contribution in [3.63, 3.8) is 0 Å². The van der Waals surface area contributed by atoms with Gasteiger partial charge in [-0.1, -0.05) is 42.1 Å². The van der Waals surface area contributed by atoms with Crippen molar-refractivity contribution in [2.75, 3.05) is 0 Å². The van der Waals surface area contributed by atoms with Gasteiger partial charge in [0.2, 0.25) is 0 Å². The van der Waals surface area contributed by atoms with E-state index < -0.39 is 0 Å². The molecule has 0 saturated carbocycles. The van der Waals surface area contributed by atoms with E-state index in [0.717, 1.165) is 20.2 Å². The van der Waals surface area contributed by atoms with E-state index in [1.54, 1.807) is 18.0 Å². The predicted octanol–water partition coefficient (Wildman–Crippen LogP) is 4.80. The lowest BCUT2D eigenvalue weighted by molar-refractivity contribution is 1.01. The van der Waals surface area contributed by atoms with Crippen molar-refractivity contribution in [2.24, 2.45) is 0 Å². The van der Waals surface area contributed by atoms with Gasteiger partial charge < -0.3 is 4.40 Å². The summed E-state index contributed by atoms with van der Waals surface area (Å²) in [6, 6.07) is 14.8. The average Bonchev–Trinajstić information content (AvgIpc) is 2.95. The molecule has 0 radical (unpaired) electrons. The van der Waals surface area contributed by atoms with Crippen molar-refractivity contribution in [2.45, 2.75) is 9.92 Å². The summed E-state index contributed by atoms with van der Waals surface area (Å²) in [4.78, 5) is 10.1. The first-order chi connectivity index (χ1) is 10.3. The number of imidazole rings is 1. The maximum atomic E-state index is 4.55. The number of hydrogen-bond acceptors (Lipinski definition) is 3. The molecule has 0 spiro atoms. The molecule has 0 atom stereocenters. The fraction of sp³-hybridized carbons (Fsp3) is 0. The van der Waals surface area contributed by atoms with Crippen molar-refractivity contribution >= 4 is 44.1 Å². The zero-order valence-electron chi connectivity index (χ0n) is 10.9. The molecule has 0 unspecified atom stereocenters. The first kappa shape index (κ1) is 12.9. The smallest absolute Gasteiger partial charge is 0.170 e. The third-order valence-corrected chi connectivity index (χ3v) is 4.59. The average molecular weight is 356 g/mol. The molecule has 0 fully saturated rings. The third-order valence-electron chi connectivity index (χ3n) is 3.25. The van der Waals surface area contributed by atoms with Crippen LogP contribution in [0.25, 0.3) is 16.4 Å². The molecule has 4 rings (SSSR count). The van der Waals surface area contributed by atoms with Crippen molar-refractivity contribution in [3.05, 3.63) is 65.7 Å². The molecule has 102 valence electrons. The molecule has 2 aromatic heterocycles. The first-order valence-corrected chi connectivity index (χ1v) is 8.06. The standard InChI is InChI=1S/C16H10BrN3S/c17-14-10-20-8-7-18-15(20)16(19-14)21-13-6-5-11-3-1-2-4-12(11)9-13/h1-10H. The highest BCUT2D eigenvalue weighted by Crippen LogP contribution is 2.31. The van der Waals surface area contributed by atoms with Gasteiger partial charge in [0.05, 0.1) is 0 Å². The quantitative estimate of drug-likeness (QED) is 0.517. The molecule has 0 aliphatic rings. The number of hydrogen-bond donors (Lipinski definition) is 0.